The molecule has 11 rings (SSSR count). The molecule has 0 aliphatic rings. The molecule has 3 aromatic heterocycles. The molecule has 11 aromatic rings. The van der Waals surface area contributed by atoms with Gasteiger partial charge in [-0.3, -0.25) is 0 Å². The van der Waals surface area contributed by atoms with E-state index in [1.54, 1.807) is 0 Å². The van der Waals surface area contributed by atoms with Crippen LogP contribution in [0, 0.1) is 0 Å². The minimum Gasteiger partial charge on any atom is -0.455 e. The van der Waals surface area contributed by atoms with E-state index in [0.29, 0.717) is 5.82 Å². The van der Waals surface area contributed by atoms with Gasteiger partial charge in [0.25, 0.3) is 0 Å². The smallest absolute Gasteiger partial charge is 0.161 e. The first-order chi connectivity index (χ1) is 27.8. The molecule has 0 spiro atoms. The van der Waals surface area contributed by atoms with Crippen LogP contribution in [-0.4, -0.2) is 14.5 Å². The van der Waals surface area contributed by atoms with Crippen molar-refractivity contribution >= 4 is 43.7 Å². The van der Waals surface area contributed by atoms with E-state index in [9.17, 15) is 0 Å². The molecule has 0 aliphatic carbocycles. The second-order valence-corrected chi connectivity index (χ2v) is 14.2. The Bertz CT molecular complexity index is 3190. The summed E-state index contributed by atoms with van der Waals surface area (Å²) >= 11 is 0. The third-order valence-corrected chi connectivity index (χ3v) is 10.8. The van der Waals surface area contributed by atoms with Crippen LogP contribution in [0.25, 0.3) is 106 Å². The van der Waals surface area contributed by atoms with Crippen molar-refractivity contribution in [2.45, 2.75) is 0 Å². The van der Waals surface area contributed by atoms with Crippen molar-refractivity contribution in [3.05, 3.63) is 200 Å². The van der Waals surface area contributed by atoms with Crippen LogP contribution in [0.15, 0.2) is 205 Å². The minimum absolute atomic E-state index is 0.694. The van der Waals surface area contributed by atoms with Gasteiger partial charge >= 0.3 is 0 Å². The molecule has 262 valence electrons. The molecular weight excluding hydrogens is 683 g/mol. The zero-order valence-corrected chi connectivity index (χ0v) is 30.3. The first kappa shape index (κ1) is 31.9. The molecule has 0 saturated heterocycles. The lowest BCUT2D eigenvalue weighted by Crippen LogP contribution is -1.97. The first-order valence-corrected chi connectivity index (χ1v) is 18.9. The van der Waals surface area contributed by atoms with E-state index in [4.69, 9.17) is 14.4 Å². The van der Waals surface area contributed by atoms with Crippen LogP contribution in [0.2, 0.25) is 0 Å². The molecule has 0 atom stereocenters. The van der Waals surface area contributed by atoms with Crippen LogP contribution in [-0.2, 0) is 0 Å². The Labute approximate surface area is 323 Å². The number of rotatable bonds is 6. The largest absolute Gasteiger partial charge is 0.455 e. The molecule has 8 aromatic carbocycles. The van der Waals surface area contributed by atoms with Gasteiger partial charge in [0.15, 0.2) is 5.82 Å². The van der Waals surface area contributed by atoms with Crippen molar-refractivity contribution in [2.24, 2.45) is 0 Å². The normalized spacial score (nSPS) is 11.6. The zero-order valence-electron chi connectivity index (χ0n) is 30.3. The fourth-order valence-corrected chi connectivity index (χ4v) is 8.22. The third kappa shape index (κ3) is 5.31. The Hall–Kier alpha value is -7.56. The van der Waals surface area contributed by atoms with Gasteiger partial charge in [0, 0.05) is 49.5 Å². The number of aromatic nitrogens is 3. The molecule has 0 N–H and O–H groups in total. The number of benzene rings is 8. The predicted molar refractivity (Wildman–Crippen MR) is 231 cm³/mol. The Kier molecular flexibility index (Phi) is 7.46. The fourth-order valence-electron chi connectivity index (χ4n) is 8.22. The average molecular weight is 716 g/mol. The molecule has 4 nitrogen and oxygen atoms in total. The van der Waals surface area contributed by atoms with E-state index in [1.165, 1.54) is 10.8 Å². The van der Waals surface area contributed by atoms with Crippen LogP contribution >= 0.6 is 0 Å². The number of hydrogen-bond donors (Lipinski definition) is 0. The van der Waals surface area contributed by atoms with Gasteiger partial charge in [0.1, 0.15) is 11.2 Å². The second kappa shape index (κ2) is 13.1. The van der Waals surface area contributed by atoms with Crippen LogP contribution in [0.5, 0.6) is 0 Å². The number of fused-ring (bicyclic) bond motifs is 6. The summed E-state index contributed by atoms with van der Waals surface area (Å²) in [4.78, 5) is 10.4. The van der Waals surface area contributed by atoms with Crippen LogP contribution in [0.3, 0.4) is 0 Å². The van der Waals surface area contributed by atoms with E-state index >= 15 is 0 Å². The van der Waals surface area contributed by atoms with Gasteiger partial charge in [-0.15, -0.1) is 0 Å². The van der Waals surface area contributed by atoms with E-state index in [1.807, 2.05) is 24.3 Å². The minimum atomic E-state index is 0.694. The summed E-state index contributed by atoms with van der Waals surface area (Å²) in [5, 5.41) is 4.64. The molecule has 0 fully saturated rings. The topological polar surface area (TPSA) is 43.9 Å². The van der Waals surface area contributed by atoms with Crippen LogP contribution in [0.1, 0.15) is 0 Å². The molecule has 0 unspecified atom stereocenters. The van der Waals surface area contributed by atoms with Gasteiger partial charge in [-0.05, 0) is 59.2 Å². The summed E-state index contributed by atoms with van der Waals surface area (Å²) in [5.41, 5.74) is 14.4. The first-order valence-electron chi connectivity index (χ1n) is 18.9. The maximum absolute atomic E-state index is 6.45. The highest BCUT2D eigenvalue weighted by atomic mass is 16.3. The van der Waals surface area contributed by atoms with Crippen molar-refractivity contribution < 1.29 is 4.42 Å². The third-order valence-electron chi connectivity index (χ3n) is 10.8. The maximum Gasteiger partial charge on any atom is 0.161 e. The van der Waals surface area contributed by atoms with Gasteiger partial charge < -0.3 is 8.98 Å². The quantitative estimate of drug-likeness (QED) is 0.172. The summed E-state index contributed by atoms with van der Waals surface area (Å²) < 4.78 is 8.82. The lowest BCUT2D eigenvalue weighted by molar-refractivity contribution is 0.670. The molecule has 0 aliphatic heterocycles. The molecule has 3 heterocycles. The second-order valence-electron chi connectivity index (χ2n) is 14.2. The van der Waals surface area contributed by atoms with Crippen LogP contribution < -0.4 is 0 Å². The van der Waals surface area contributed by atoms with Crippen molar-refractivity contribution in [2.75, 3.05) is 0 Å². The van der Waals surface area contributed by atoms with E-state index in [0.717, 1.165) is 89.0 Å². The highest BCUT2D eigenvalue weighted by Gasteiger charge is 2.18. The Morgan fingerprint density at radius 2 is 0.929 bits per heavy atom. The molecule has 0 bridgehead atoms. The molecular formula is C52H33N3O. The summed E-state index contributed by atoms with van der Waals surface area (Å²) in [7, 11) is 0. The van der Waals surface area contributed by atoms with Gasteiger partial charge in [0.05, 0.1) is 22.4 Å². The van der Waals surface area contributed by atoms with E-state index in [-0.39, 0.29) is 0 Å². The standard InChI is InChI=1S/C52H33N3O/c1-3-15-34(16-4-1)46-33-47(35-17-5-2-6-18-35)54-52(53-46)44-24-8-7-21-39(44)37-29-30-49-45(32-37)41-22-9-11-27-48(41)55(49)38-20-13-19-36(31-38)40-25-14-26-43-42-23-10-12-28-50(42)56-51(40)43/h1-33H. The zero-order chi connectivity index (χ0) is 37.0. The lowest BCUT2D eigenvalue weighted by atomic mass is 9.97. The summed E-state index contributed by atoms with van der Waals surface area (Å²) in [5.74, 6) is 0.694. The molecule has 0 amide bonds. The number of furan rings is 1. The molecule has 4 heteroatoms. The van der Waals surface area contributed by atoms with Crippen molar-refractivity contribution in [3.63, 3.8) is 0 Å². The fraction of sp³-hybridized carbons (Fsp3) is 0. The Balaban J connectivity index is 1.06. The summed E-state index contributed by atoms with van der Waals surface area (Å²) in [6.07, 6.45) is 0. The number of para-hydroxylation sites is 3. The number of hydrogen-bond acceptors (Lipinski definition) is 3. The average Bonchev–Trinajstić information content (AvgIpc) is 3.83. The summed E-state index contributed by atoms with van der Waals surface area (Å²) in [6, 6.07) is 70.2. The predicted octanol–water partition coefficient (Wildman–Crippen LogP) is 13.8. The maximum atomic E-state index is 6.45. The van der Waals surface area contributed by atoms with Crippen molar-refractivity contribution in [1.82, 2.24) is 14.5 Å². The van der Waals surface area contributed by atoms with Gasteiger partial charge in [-0.2, -0.15) is 0 Å². The van der Waals surface area contributed by atoms with E-state index < -0.39 is 0 Å². The molecule has 56 heavy (non-hydrogen) atoms. The van der Waals surface area contributed by atoms with E-state index in [2.05, 4.69) is 180 Å². The molecule has 0 radical (unpaired) electrons. The van der Waals surface area contributed by atoms with Gasteiger partial charge in [-0.25, -0.2) is 9.97 Å². The van der Waals surface area contributed by atoms with Gasteiger partial charge in [0.2, 0.25) is 0 Å². The Morgan fingerprint density at radius 1 is 0.357 bits per heavy atom. The SMILES string of the molecule is c1ccc(-c2cc(-c3ccccc3)nc(-c3ccccc3-c3ccc4c(c3)c3ccccc3n4-c3cccc(-c4cccc5c4oc4ccccc45)c3)n2)cc1. The van der Waals surface area contributed by atoms with Crippen molar-refractivity contribution in [1.29, 1.82) is 0 Å². The monoisotopic (exact) mass is 715 g/mol. The summed E-state index contributed by atoms with van der Waals surface area (Å²) in [6.45, 7) is 0. The molecule has 0 saturated carbocycles. The van der Waals surface area contributed by atoms with Crippen molar-refractivity contribution in [3.8, 4) is 61.8 Å². The highest BCUT2D eigenvalue weighted by Crippen LogP contribution is 2.40. The Morgan fingerprint density at radius 3 is 1.71 bits per heavy atom. The highest BCUT2D eigenvalue weighted by molar-refractivity contribution is 6.12. The van der Waals surface area contributed by atoms with Gasteiger partial charge in [-0.1, -0.05) is 158 Å². The van der Waals surface area contributed by atoms with Crippen LogP contribution in [0.4, 0.5) is 0 Å². The number of nitrogens with zero attached hydrogens (tertiary/aromatic N) is 3. The lowest BCUT2D eigenvalue weighted by Gasteiger charge is -2.13.